The summed E-state index contributed by atoms with van der Waals surface area (Å²) >= 11 is 1.46. The third-order valence-corrected chi connectivity index (χ3v) is 5.96. The van der Waals surface area contributed by atoms with Crippen molar-refractivity contribution in [3.8, 4) is 5.75 Å². The Bertz CT molecular complexity index is 777. The predicted octanol–water partition coefficient (Wildman–Crippen LogP) is 3.68. The van der Waals surface area contributed by atoms with Gasteiger partial charge in [0.15, 0.2) is 11.0 Å². The molecule has 1 aliphatic heterocycles. The predicted molar refractivity (Wildman–Crippen MR) is 107 cm³/mol. The fraction of sp³-hybridized carbons (Fsp3) is 0.550. The summed E-state index contributed by atoms with van der Waals surface area (Å²) < 4.78 is 7.93. The molecule has 6 nitrogen and oxygen atoms in total. The molecule has 0 spiro atoms. The lowest BCUT2D eigenvalue weighted by Gasteiger charge is -2.33. The molecule has 1 aromatic heterocycles. The zero-order valence-electron chi connectivity index (χ0n) is 16.4. The number of thioether (sulfide) groups is 1. The summed E-state index contributed by atoms with van der Waals surface area (Å²) in [6.07, 6.45) is 3.42. The van der Waals surface area contributed by atoms with Gasteiger partial charge in [0.25, 0.3) is 0 Å². The van der Waals surface area contributed by atoms with Crippen molar-refractivity contribution in [2.24, 2.45) is 0 Å². The lowest BCUT2D eigenvalue weighted by Crippen LogP contribution is -2.43. The third kappa shape index (κ3) is 4.83. The highest BCUT2D eigenvalue weighted by molar-refractivity contribution is 7.99. The first-order valence-electron chi connectivity index (χ1n) is 9.63. The Labute approximate surface area is 165 Å². The van der Waals surface area contributed by atoms with Gasteiger partial charge in [-0.25, -0.2) is 0 Å². The molecule has 0 N–H and O–H groups in total. The molecule has 0 saturated carbocycles. The van der Waals surface area contributed by atoms with Gasteiger partial charge in [0.1, 0.15) is 12.4 Å². The van der Waals surface area contributed by atoms with Crippen LogP contribution in [0.4, 0.5) is 0 Å². The third-order valence-electron chi connectivity index (χ3n) is 5.01. The van der Waals surface area contributed by atoms with Crippen molar-refractivity contribution in [2.75, 3.05) is 12.3 Å². The number of amides is 1. The highest BCUT2D eigenvalue weighted by atomic mass is 32.2. The Hall–Kier alpha value is -2.02. The summed E-state index contributed by atoms with van der Waals surface area (Å²) in [5.74, 6) is 2.23. The highest BCUT2D eigenvalue weighted by Crippen LogP contribution is 2.23. The average molecular weight is 389 g/mol. The van der Waals surface area contributed by atoms with Crippen LogP contribution in [-0.2, 0) is 17.9 Å². The molecule has 7 heteroatoms. The average Bonchev–Trinajstić information content (AvgIpc) is 3.07. The van der Waals surface area contributed by atoms with E-state index in [1.54, 1.807) is 0 Å². The number of hydrogen-bond acceptors (Lipinski definition) is 5. The number of para-hydroxylation sites is 1. The lowest BCUT2D eigenvalue weighted by atomic mass is 10.0. The fourth-order valence-corrected chi connectivity index (χ4v) is 4.30. The van der Waals surface area contributed by atoms with E-state index in [4.69, 9.17) is 4.74 Å². The van der Waals surface area contributed by atoms with Crippen molar-refractivity contribution in [3.05, 3.63) is 35.7 Å². The number of hydrogen-bond donors (Lipinski definition) is 0. The maximum absolute atomic E-state index is 12.6. The molecule has 0 unspecified atom stereocenters. The topological polar surface area (TPSA) is 60.2 Å². The maximum Gasteiger partial charge on any atom is 0.233 e. The van der Waals surface area contributed by atoms with Gasteiger partial charge in [-0.1, -0.05) is 30.0 Å². The Morgan fingerprint density at radius 3 is 2.85 bits per heavy atom. The van der Waals surface area contributed by atoms with E-state index in [0.717, 1.165) is 48.2 Å². The van der Waals surface area contributed by atoms with Crippen LogP contribution < -0.4 is 4.74 Å². The van der Waals surface area contributed by atoms with Crippen LogP contribution in [0.25, 0.3) is 0 Å². The molecule has 1 fully saturated rings. The number of rotatable bonds is 7. The van der Waals surface area contributed by atoms with Gasteiger partial charge < -0.3 is 14.2 Å². The van der Waals surface area contributed by atoms with Crippen molar-refractivity contribution >= 4 is 17.7 Å². The number of ether oxygens (including phenoxy) is 1. The number of aryl methyl sites for hydroxylation is 1. The van der Waals surface area contributed by atoms with Gasteiger partial charge in [-0.3, -0.25) is 4.79 Å². The van der Waals surface area contributed by atoms with Crippen molar-refractivity contribution in [1.29, 1.82) is 0 Å². The standard InChI is InChI=1S/C20H28N4O2S/c1-4-23-18(13-26-17-11-6-5-9-15(17)2)21-22-20(23)27-14-19(25)24-12-8-7-10-16(24)3/h5-6,9,11,16H,4,7-8,10,12-14H2,1-3H3/t16-/m0/s1. The zero-order chi connectivity index (χ0) is 19.2. The van der Waals surface area contributed by atoms with Gasteiger partial charge in [-0.15, -0.1) is 10.2 Å². The van der Waals surface area contributed by atoms with E-state index in [1.165, 1.54) is 18.2 Å². The van der Waals surface area contributed by atoms with Gasteiger partial charge in [0, 0.05) is 19.1 Å². The van der Waals surface area contributed by atoms with E-state index in [1.807, 2.05) is 40.7 Å². The molecule has 27 heavy (non-hydrogen) atoms. The number of aromatic nitrogens is 3. The summed E-state index contributed by atoms with van der Waals surface area (Å²) in [6, 6.07) is 8.27. The van der Waals surface area contributed by atoms with E-state index in [9.17, 15) is 4.79 Å². The number of likely N-dealkylation sites (tertiary alicyclic amines) is 1. The second-order valence-electron chi connectivity index (χ2n) is 6.92. The van der Waals surface area contributed by atoms with Crippen molar-refractivity contribution in [3.63, 3.8) is 0 Å². The Balaban J connectivity index is 1.60. The van der Waals surface area contributed by atoms with Crippen LogP contribution in [-0.4, -0.2) is 43.9 Å². The van der Waals surface area contributed by atoms with Crippen LogP contribution in [0.2, 0.25) is 0 Å². The molecule has 2 aromatic rings. The number of nitrogens with zero attached hydrogens (tertiary/aromatic N) is 4. The van der Waals surface area contributed by atoms with Gasteiger partial charge >= 0.3 is 0 Å². The quantitative estimate of drug-likeness (QED) is 0.677. The minimum Gasteiger partial charge on any atom is -0.485 e. The molecule has 146 valence electrons. The zero-order valence-corrected chi connectivity index (χ0v) is 17.2. The van der Waals surface area contributed by atoms with Crippen molar-refractivity contribution < 1.29 is 9.53 Å². The lowest BCUT2D eigenvalue weighted by molar-refractivity contribution is -0.131. The maximum atomic E-state index is 12.6. The largest absolute Gasteiger partial charge is 0.485 e. The molecule has 1 atom stereocenters. The second kappa shape index (κ2) is 9.26. The van der Waals surface area contributed by atoms with E-state index >= 15 is 0 Å². The first kappa shape index (κ1) is 19.7. The van der Waals surface area contributed by atoms with Crippen molar-refractivity contribution in [1.82, 2.24) is 19.7 Å². The first-order chi connectivity index (χ1) is 13.1. The molecule has 0 bridgehead atoms. The van der Waals surface area contributed by atoms with Crippen LogP contribution in [0, 0.1) is 6.92 Å². The van der Waals surface area contributed by atoms with E-state index in [0.29, 0.717) is 18.4 Å². The number of carbonyl (C=O) groups excluding carboxylic acids is 1. The summed E-state index contributed by atoms with van der Waals surface area (Å²) in [7, 11) is 0. The molecule has 2 heterocycles. The fourth-order valence-electron chi connectivity index (χ4n) is 3.39. The van der Waals surface area contributed by atoms with Crippen LogP contribution in [0.15, 0.2) is 29.4 Å². The smallest absolute Gasteiger partial charge is 0.233 e. The number of carbonyl (C=O) groups is 1. The van der Waals surface area contributed by atoms with Gasteiger partial charge in [0.2, 0.25) is 5.91 Å². The molecule has 1 amide bonds. The Morgan fingerprint density at radius 2 is 2.11 bits per heavy atom. The Morgan fingerprint density at radius 1 is 1.30 bits per heavy atom. The molecular formula is C20H28N4O2S. The van der Waals surface area contributed by atoms with Crippen LogP contribution >= 0.6 is 11.8 Å². The summed E-state index contributed by atoms with van der Waals surface area (Å²) in [5, 5.41) is 9.34. The minimum absolute atomic E-state index is 0.190. The molecule has 0 aliphatic carbocycles. The molecule has 1 aromatic carbocycles. The SMILES string of the molecule is CCn1c(COc2ccccc2C)nnc1SCC(=O)N1CCCC[C@@H]1C. The Kier molecular flexibility index (Phi) is 6.77. The van der Waals surface area contributed by atoms with E-state index in [-0.39, 0.29) is 5.91 Å². The highest BCUT2D eigenvalue weighted by Gasteiger charge is 2.24. The molecule has 0 radical (unpaired) electrons. The van der Waals surface area contributed by atoms with Crippen LogP contribution in [0.1, 0.15) is 44.5 Å². The van der Waals surface area contributed by atoms with Gasteiger partial charge in [-0.05, 0) is 51.7 Å². The molecule has 1 aliphatic rings. The van der Waals surface area contributed by atoms with E-state index in [2.05, 4.69) is 24.0 Å². The van der Waals surface area contributed by atoms with Crippen molar-refractivity contribution in [2.45, 2.75) is 64.4 Å². The summed E-state index contributed by atoms with van der Waals surface area (Å²) in [6.45, 7) is 8.20. The first-order valence-corrected chi connectivity index (χ1v) is 10.6. The number of benzene rings is 1. The summed E-state index contributed by atoms with van der Waals surface area (Å²) in [4.78, 5) is 14.6. The second-order valence-corrected chi connectivity index (χ2v) is 7.86. The van der Waals surface area contributed by atoms with Gasteiger partial charge in [0.05, 0.1) is 5.75 Å². The normalized spacial score (nSPS) is 17.1. The molecular weight excluding hydrogens is 360 g/mol. The van der Waals surface area contributed by atoms with Crippen LogP contribution in [0.3, 0.4) is 0 Å². The monoisotopic (exact) mass is 388 g/mol. The molecule has 3 rings (SSSR count). The number of piperidine rings is 1. The van der Waals surface area contributed by atoms with E-state index < -0.39 is 0 Å². The van der Waals surface area contributed by atoms with Crippen LogP contribution in [0.5, 0.6) is 5.75 Å². The minimum atomic E-state index is 0.190. The molecule has 1 saturated heterocycles. The summed E-state index contributed by atoms with van der Waals surface area (Å²) in [5.41, 5.74) is 1.09. The van der Waals surface area contributed by atoms with Gasteiger partial charge in [-0.2, -0.15) is 0 Å².